The minimum Gasteiger partial charge on any atom is -0.362 e. The average Bonchev–Trinajstić information content (AvgIpc) is 2.88. The molecular weight excluding hydrogens is 388 g/mol. The Kier molecular flexibility index (Phi) is 4.92. The van der Waals surface area contributed by atoms with E-state index in [0.717, 1.165) is 25.9 Å². The van der Waals surface area contributed by atoms with Crippen LogP contribution in [-0.4, -0.2) is 13.1 Å². The first-order valence-electron chi connectivity index (χ1n) is 11.7. The van der Waals surface area contributed by atoms with Crippen LogP contribution in [0.3, 0.4) is 0 Å². The summed E-state index contributed by atoms with van der Waals surface area (Å²) >= 11 is 0. The smallest absolute Gasteiger partial charge is 0.0790 e. The number of nitrogens with zero attached hydrogens (tertiary/aromatic N) is 2. The van der Waals surface area contributed by atoms with Gasteiger partial charge in [-0.25, -0.2) is 0 Å². The molecule has 0 saturated heterocycles. The van der Waals surface area contributed by atoms with Gasteiger partial charge in [-0.1, -0.05) is 84.9 Å². The van der Waals surface area contributed by atoms with Crippen molar-refractivity contribution in [3.05, 3.63) is 131 Å². The van der Waals surface area contributed by atoms with Crippen LogP contribution < -0.4 is 9.80 Å². The molecule has 32 heavy (non-hydrogen) atoms. The molecule has 2 atom stereocenters. The Labute approximate surface area is 190 Å². The van der Waals surface area contributed by atoms with Crippen LogP contribution in [0.15, 0.2) is 109 Å². The number of hydrogen-bond acceptors (Lipinski definition) is 2. The quantitative estimate of drug-likeness (QED) is 0.371. The van der Waals surface area contributed by atoms with Crippen LogP contribution in [0.5, 0.6) is 0 Å². The van der Waals surface area contributed by atoms with E-state index in [1.165, 1.54) is 33.6 Å². The van der Waals surface area contributed by atoms with Gasteiger partial charge in [-0.3, -0.25) is 0 Å². The summed E-state index contributed by atoms with van der Waals surface area (Å²) in [4.78, 5) is 5.29. The lowest BCUT2D eigenvalue weighted by Crippen LogP contribution is -2.47. The van der Waals surface area contributed by atoms with Crippen molar-refractivity contribution in [3.63, 3.8) is 0 Å². The SMILES string of the molecule is c1ccc(N2CCc3ccccc3[C@@H]2[C@@H]2c3ccccc3CCN2c2ccccc2)cc1. The van der Waals surface area contributed by atoms with Crippen molar-refractivity contribution in [2.24, 2.45) is 0 Å². The summed E-state index contributed by atoms with van der Waals surface area (Å²) in [5, 5.41) is 0. The summed E-state index contributed by atoms with van der Waals surface area (Å²) in [6.45, 7) is 2.07. The van der Waals surface area contributed by atoms with Crippen molar-refractivity contribution in [2.75, 3.05) is 22.9 Å². The summed E-state index contributed by atoms with van der Waals surface area (Å²) in [7, 11) is 0. The molecule has 158 valence electrons. The molecule has 0 spiro atoms. The molecule has 4 aromatic rings. The molecular formula is C30H28N2. The van der Waals surface area contributed by atoms with Crippen LogP contribution in [0, 0.1) is 0 Å². The number of rotatable bonds is 3. The van der Waals surface area contributed by atoms with E-state index in [4.69, 9.17) is 0 Å². The molecule has 6 rings (SSSR count). The fourth-order valence-electron chi connectivity index (χ4n) is 5.70. The molecule has 2 heterocycles. The van der Waals surface area contributed by atoms with Crippen LogP contribution in [0.2, 0.25) is 0 Å². The molecule has 2 heteroatoms. The Balaban J connectivity index is 1.57. The van der Waals surface area contributed by atoms with Crippen LogP contribution in [0.1, 0.15) is 34.3 Å². The first-order chi connectivity index (χ1) is 15.9. The highest BCUT2D eigenvalue weighted by molar-refractivity contribution is 5.59. The second-order valence-corrected chi connectivity index (χ2v) is 8.85. The molecule has 0 N–H and O–H groups in total. The van der Waals surface area contributed by atoms with Gasteiger partial charge in [0.05, 0.1) is 12.1 Å². The first-order valence-corrected chi connectivity index (χ1v) is 11.7. The Morgan fingerprint density at radius 2 is 0.812 bits per heavy atom. The van der Waals surface area contributed by atoms with Gasteiger partial charge in [0, 0.05) is 24.5 Å². The van der Waals surface area contributed by atoms with E-state index in [1.807, 2.05) is 0 Å². The van der Waals surface area contributed by atoms with Gasteiger partial charge in [-0.05, 0) is 59.4 Å². The van der Waals surface area contributed by atoms with E-state index in [2.05, 4.69) is 119 Å². The monoisotopic (exact) mass is 416 g/mol. The molecule has 0 aromatic heterocycles. The highest BCUT2D eigenvalue weighted by Gasteiger charge is 2.40. The normalized spacial score (nSPS) is 19.9. The second-order valence-electron chi connectivity index (χ2n) is 8.85. The summed E-state index contributed by atoms with van der Waals surface area (Å²) in [5.74, 6) is 0. The molecule has 0 amide bonds. The Bertz CT molecular complexity index is 1100. The predicted molar refractivity (Wildman–Crippen MR) is 133 cm³/mol. The van der Waals surface area contributed by atoms with Gasteiger partial charge in [0.1, 0.15) is 0 Å². The van der Waals surface area contributed by atoms with E-state index in [0.29, 0.717) is 0 Å². The predicted octanol–water partition coefficient (Wildman–Crippen LogP) is 6.59. The second kappa shape index (κ2) is 8.20. The van der Waals surface area contributed by atoms with Crippen LogP contribution in [0.25, 0.3) is 0 Å². The van der Waals surface area contributed by atoms with Crippen LogP contribution in [0.4, 0.5) is 11.4 Å². The van der Waals surface area contributed by atoms with E-state index in [1.54, 1.807) is 0 Å². The van der Waals surface area contributed by atoms with E-state index in [9.17, 15) is 0 Å². The van der Waals surface area contributed by atoms with Crippen molar-refractivity contribution in [2.45, 2.75) is 24.9 Å². The molecule has 0 saturated carbocycles. The summed E-state index contributed by atoms with van der Waals surface area (Å²) < 4.78 is 0. The fraction of sp³-hybridized carbons (Fsp3) is 0.200. The third-order valence-corrected chi connectivity index (χ3v) is 7.14. The summed E-state index contributed by atoms with van der Waals surface area (Å²) in [5.41, 5.74) is 8.52. The molecule has 0 unspecified atom stereocenters. The van der Waals surface area contributed by atoms with Crippen molar-refractivity contribution >= 4 is 11.4 Å². The van der Waals surface area contributed by atoms with E-state index in [-0.39, 0.29) is 12.1 Å². The van der Waals surface area contributed by atoms with Gasteiger partial charge in [0.2, 0.25) is 0 Å². The van der Waals surface area contributed by atoms with E-state index >= 15 is 0 Å². The molecule has 0 radical (unpaired) electrons. The van der Waals surface area contributed by atoms with Crippen molar-refractivity contribution in [1.82, 2.24) is 0 Å². The van der Waals surface area contributed by atoms with Crippen molar-refractivity contribution in [3.8, 4) is 0 Å². The van der Waals surface area contributed by atoms with Crippen LogP contribution in [-0.2, 0) is 12.8 Å². The van der Waals surface area contributed by atoms with Crippen molar-refractivity contribution in [1.29, 1.82) is 0 Å². The highest BCUT2D eigenvalue weighted by Crippen LogP contribution is 2.48. The Hall–Kier alpha value is -3.52. The number of benzene rings is 4. The fourth-order valence-corrected chi connectivity index (χ4v) is 5.70. The largest absolute Gasteiger partial charge is 0.362 e. The lowest BCUT2D eigenvalue weighted by molar-refractivity contribution is 0.446. The lowest BCUT2D eigenvalue weighted by Gasteiger charge is -2.49. The minimum atomic E-state index is 0.254. The molecule has 2 aliphatic heterocycles. The first kappa shape index (κ1) is 19.2. The summed E-state index contributed by atoms with van der Waals surface area (Å²) in [6, 6.07) is 40.6. The number of para-hydroxylation sites is 2. The van der Waals surface area contributed by atoms with Gasteiger partial charge in [0.25, 0.3) is 0 Å². The van der Waals surface area contributed by atoms with Gasteiger partial charge in [0.15, 0.2) is 0 Å². The average molecular weight is 417 g/mol. The molecule has 0 aliphatic carbocycles. The Morgan fingerprint density at radius 1 is 0.438 bits per heavy atom. The van der Waals surface area contributed by atoms with Gasteiger partial charge in [-0.2, -0.15) is 0 Å². The topological polar surface area (TPSA) is 6.48 Å². The van der Waals surface area contributed by atoms with Gasteiger partial charge in [-0.15, -0.1) is 0 Å². The van der Waals surface area contributed by atoms with Crippen LogP contribution >= 0.6 is 0 Å². The summed E-state index contributed by atoms with van der Waals surface area (Å²) in [6.07, 6.45) is 2.17. The number of hydrogen-bond donors (Lipinski definition) is 0. The zero-order valence-electron chi connectivity index (χ0n) is 18.3. The van der Waals surface area contributed by atoms with Gasteiger partial charge >= 0.3 is 0 Å². The zero-order chi connectivity index (χ0) is 21.3. The van der Waals surface area contributed by atoms with E-state index < -0.39 is 0 Å². The minimum absolute atomic E-state index is 0.254. The Morgan fingerprint density at radius 3 is 1.25 bits per heavy atom. The molecule has 2 aliphatic rings. The molecule has 0 fully saturated rings. The maximum absolute atomic E-state index is 2.64. The molecule has 0 bridgehead atoms. The maximum Gasteiger partial charge on any atom is 0.0790 e. The zero-order valence-corrected chi connectivity index (χ0v) is 18.3. The maximum atomic E-state index is 2.64. The number of anilines is 2. The highest BCUT2D eigenvalue weighted by atomic mass is 15.3. The van der Waals surface area contributed by atoms with Crippen molar-refractivity contribution < 1.29 is 0 Å². The number of fused-ring (bicyclic) bond motifs is 2. The lowest BCUT2D eigenvalue weighted by atomic mass is 9.80. The standard InChI is InChI=1S/C30H28N2/c1-3-13-25(14-4-1)31-21-19-23-11-7-9-17-27(23)29(31)30-28-18-10-8-12-24(28)20-22-32(30)26-15-5-2-6-16-26/h1-18,29-30H,19-22H2/t29-,30+. The molecule has 2 nitrogen and oxygen atoms in total. The molecule has 4 aromatic carbocycles. The third kappa shape index (κ3) is 3.27. The van der Waals surface area contributed by atoms with Gasteiger partial charge < -0.3 is 9.80 Å². The third-order valence-electron chi connectivity index (χ3n) is 7.14.